The van der Waals surface area contributed by atoms with E-state index < -0.39 is 5.91 Å². The summed E-state index contributed by atoms with van der Waals surface area (Å²) in [6, 6.07) is 12.6. The van der Waals surface area contributed by atoms with Gasteiger partial charge < -0.3 is 29.3 Å². The molecule has 0 radical (unpaired) electrons. The molecule has 2 aliphatic heterocycles. The number of halogens is 2. The smallest absolute Gasteiger partial charge is 0.260 e. The summed E-state index contributed by atoms with van der Waals surface area (Å²) in [5.41, 5.74) is 2.69. The number of nitrogens with one attached hydrogen (secondary N) is 1. The van der Waals surface area contributed by atoms with Crippen molar-refractivity contribution in [2.75, 3.05) is 32.6 Å². The minimum Gasteiger partial charge on any atom is -0.504 e. The summed E-state index contributed by atoms with van der Waals surface area (Å²) in [5.74, 6) is 0.243. The molecule has 2 N–H and O–H groups in total. The Morgan fingerprint density at radius 2 is 1.89 bits per heavy atom. The maximum absolute atomic E-state index is 12.7. The lowest BCUT2D eigenvalue weighted by atomic mass is 9.98. The Morgan fingerprint density at radius 3 is 2.54 bits per heavy atom. The largest absolute Gasteiger partial charge is 0.504 e. The van der Waals surface area contributed by atoms with Gasteiger partial charge in [0, 0.05) is 24.2 Å². The predicted molar refractivity (Wildman–Crippen MR) is 136 cm³/mol. The number of amides is 1. The molecule has 0 spiro atoms. The summed E-state index contributed by atoms with van der Waals surface area (Å²) in [6.07, 6.45) is 2.23. The molecule has 3 aromatic rings. The summed E-state index contributed by atoms with van der Waals surface area (Å²) in [5, 5.41) is 17.7. The van der Waals surface area contributed by atoms with Crippen molar-refractivity contribution in [2.45, 2.75) is 18.9 Å². The van der Waals surface area contributed by atoms with Gasteiger partial charge in [-0.1, -0.05) is 23.7 Å². The van der Waals surface area contributed by atoms with Gasteiger partial charge in [-0.15, -0.1) is 12.4 Å². The highest BCUT2D eigenvalue weighted by atomic mass is 35.5. The molecule has 0 saturated carbocycles. The Labute approximate surface area is 213 Å². The van der Waals surface area contributed by atoms with Crippen LogP contribution in [-0.4, -0.2) is 54.4 Å². The molecule has 0 bridgehead atoms. The second-order valence-electron chi connectivity index (χ2n) is 8.43. The van der Waals surface area contributed by atoms with E-state index in [1.165, 1.54) is 13.2 Å². The molecule has 8 nitrogen and oxygen atoms in total. The average Bonchev–Trinajstić information content (AvgIpc) is 3.44. The third kappa shape index (κ3) is 4.96. The average molecular weight is 518 g/mol. The Kier molecular flexibility index (Phi) is 7.25. The number of carbonyl (C=O) groups excluding carboxylic acids is 1. The van der Waals surface area contributed by atoms with Crippen molar-refractivity contribution in [3.8, 4) is 22.8 Å². The lowest BCUT2D eigenvalue weighted by Gasteiger charge is -2.29. The highest BCUT2D eigenvalue weighted by molar-refractivity contribution is 6.38. The van der Waals surface area contributed by atoms with Gasteiger partial charge in [-0.05, 0) is 54.9 Å². The summed E-state index contributed by atoms with van der Waals surface area (Å²) in [4.78, 5) is 15.0. The van der Waals surface area contributed by atoms with Crippen LogP contribution in [0.1, 0.15) is 24.2 Å². The van der Waals surface area contributed by atoms with Crippen LogP contribution in [0.25, 0.3) is 22.5 Å². The maximum Gasteiger partial charge on any atom is 0.260 e. The number of methoxy groups -OCH3 is 1. The van der Waals surface area contributed by atoms with Crippen LogP contribution in [0.15, 0.2) is 47.0 Å². The summed E-state index contributed by atoms with van der Waals surface area (Å²) in [6.45, 7) is 2.06. The number of piperidine rings is 1. The highest BCUT2D eigenvalue weighted by Crippen LogP contribution is 2.42. The molecule has 1 fully saturated rings. The van der Waals surface area contributed by atoms with Gasteiger partial charge in [-0.2, -0.15) is 0 Å². The number of fused-ring (bicyclic) bond motifs is 1. The number of aliphatic hydroxyl groups is 1. The molecule has 1 saturated heterocycles. The van der Waals surface area contributed by atoms with E-state index in [0.29, 0.717) is 16.3 Å². The van der Waals surface area contributed by atoms with Crippen LogP contribution >= 0.6 is 24.0 Å². The van der Waals surface area contributed by atoms with E-state index in [1.807, 2.05) is 24.3 Å². The van der Waals surface area contributed by atoms with Crippen molar-refractivity contribution in [3.63, 3.8) is 0 Å². The van der Waals surface area contributed by atoms with E-state index in [1.54, 1.807) is 12.1 Å². The van der Waals surface area contributed by atoms with E-state index in [0.717, 1.165) is 42.8 Å². The van der Waals surface area contributed by atoms with Gasteiger partial charge in [0.05, 0.1) is 29.5 Å². The zero-order valence-electron chi connectivity index (χ0n) is 19.2. The first-order valence-corrected chi connectivity index (χ1v) is 11.4. The lowest BCUT2D eigenvalue weighted by molar-refractivity contribution is -0.110. The predicted octanol–water partition coefficient (Wildman–Crippen LogP) is 5.28. The Bertz CT molecular complexity index is 1260. The minimum atomic E-state index is -0.460. The molecule has 0 unspecified atom stereocenters. The number of nitrogens with zero attached hydrogens (tertiary/aromatic N) is 2. The first-order valence-electron chi connectivity index (χ1n) is 11.0. The van der Waals surface area contributed by atoms with Crippen molar-refractivity contribution in [3.05, 3.63) is 58.8 Å². The van der Waals surface area contributed by atoms with Crippen molar-refractivity contribution in [1.29, 1.82) is 0 Å². The fraction of sp³-hybridized carbons (Fsp3) is 0.280. The first kappa shape index (κ1) is 24.9. The first-order chi connectivity index (χ1) is 16.4. The number of ether oxygens (including phenoxy) is 2. The Morgan fingerprint density at radius 1 is 1.17 bits per heavy atom. The second-order valence-corrected chi connectivity index (χ2v) is 8.84. The van der Waals surface area contributed by atoms with E-state index in [-0.39, 0.29) is 41.5 Å². The van der Waals surface area contributed by atoms with E-state index >= 15 is 0 Å². The van der Waals surface area contributed by atoms with E-state index in [9.17, 15) is 9.90 Å². The van der Waals surface area contributed by atoms with Crippen LogP contribution in [0, 0.1) is 0 Å². The maximum atomic E-state index is 12.7. The Balaban J connectivity index is 0.00000289. The monoisotopic (exact) mass is 517 g/mol. The van der Waals surface area contributed by atoms with Gasteiger partial charge in [0.15, 0.2) is 5.76 Å². The third-order valence-corrected chi connectivity index (χ3v) is 6.47. The number of aromatic nitrogens is 1. The number of aliphatic hydroxyl groups excluding tert-OH is 1. The Hall–Kier alpha value is -3.20. The summed E-state index contributed by atoms with van der Waals surface area (Å²) < 4.78 is 16.2. The van der Waals surface area contributed by atoms with Gasteiger partial charge in [-0.25, -0.2) is 0 Å². The van der Waals surface area contributed by atoms with E-state index in [2.05, 4.69) is 22.4 Å². The van der Waals surface area contributed by atoms with Gasteiger partial charge in [-0.3, -0.25) is 4.79 Å². The van der Waals surface area contributed by atoms with Crippen LogP contribution in [0.2, 0.25) is 5.02 Å². The number of likely N-dealkylation sites (tertiary alicyclic amines) is 1. The normalized spacial score (nSPS) is 17.4. The standard InChI is InChI=1S/C25H24ClN3O5.ClH/c1-29-9-7-16(8-10-29)33-15-5-3-14(4-6-15)17-11-18-20(12-19(17)26)27-25(31)23(18)24(30)21-13-22(32-2)28-34-21;/h3-6,11-13,16,30H,7-10H2,1-2H3,(H,27,31);1H. The van der Waals surface area contributed by atoms with Crippen molar-refractivity contribution >= 4 is 46.9 Å². The SMILES string of the molecule is COc1cc(C(O)=C2C(=O)Nc3cc(Cl)c(-c4ccc(OC5CCN(C)CC5)cc4)cc32)on1.Cl. The number of rotatable bonds is 5. The lowest BCUT2D eigenvalue weighted by Crippen LogP contribution is -2.35. The fourth-order valence-electron chi connectivity index (χ4n) is 4.25. The molecule has 10 heteroatoms. The number of hydrogen-bond donors (Lipinski definition) is 2. The molecule has 35 heavy (non-hydrogen) atoms. The number of carbonyl (C=O) groups is 1. The molecule has 0 atom stereocenters. The molecule has 184 valence electrons. The van der Waals surface area contributed by atoms with Gasteiger partial charge in [0.25, 0.3) is 11.8 Å². The molecule has 2 aromatic carbocycles. The van der Waals surface area contributed by atoms with Crippen molar-refractivity contribution in [1.82, 2.24) is 10.1 Å². The molecular formula is C25H25Cl2N3O5. The van der Waals surface area contributed by atoms with E-state index in [4.69, 9.17) is 25.6 Å². The number of hydrogen-bond acceptors (Lipinski definition) is 7. The van der Waals surface area contributed by atoms with Crippen molar-refractivity contribution < 1.29 is 23.9 Å². The number of anilines is 1. The second kappa shape index (κ2) is 10.2. The zero-order valence-corrected chi connectivity index (χ0v) is 20.8. The minimum absolute atomic E-state index is 0. The van der Waals surface area contributed by atoms with Gasteiger partial charge in [0.1, 0.15) is 11.9 Å². The quantitative estimate of drug-likeness (QED) is 0.351. The molecule has 0 aliphatic carbocycles. The molecular weight excluding hydrogens is 493 g/mol. The molecule has 2 aliphatic rings. The molecule has 3 heterocycles. The molecule has 5 rings (SSSR count). The van der Waals surface area contributed by atoms with Crippen LogP contribution in [0.4, 0.5) is 5.69 Å². The zero-order chi connectivity index (χ0) is 23.8. The van der Waals surface area contributed by atoms with Crippen LogP contribution < -0.4 is 14.8 Å². The van der Waals surface area contributed by atoms with Gasteiger partial charge >= 0.3 is 0 Å². The fourth-order valence-corrected chi connectivity index (χ4v) is 4.52. The van der Waals surface area contributed by atoms with Crippen LogP contribution in [0.3, 0.4) is 0 Å². The van der Waals surface area contributed by atoms with Crippen molar-refractivity contribution in [2.24, 2.45) is 0 Å². The van der Waals surface area contributed by atoms with Gasteiger partial charge in [0.2, 0.25) is 5.76 Å². The molecule has 1 aromatic heterocycles. The third-order valence-electron chi connectivity index (χ3n) is 6.15. The highest BCUT2D eigenvalue weighted by Gasteiger charge is 2.31. The molecule has 1 amide bonds. The number of benzene rings is 2. The summed E-state index contributed by atoms with van der Waals surface area (Å²) in [7, 11) is 3.55. The van der Waals surface area contributed by atoms with Crippen LogP contribution in [-0.2, 0) is 4.79 Å². The summed E-state index contributed by atoms with van der Waals surface area (Å²) >= 11 is 6.55. The van der Waals surface area contributed by atoms with Crippen LogP contribution in [0.5, 0.6) is 11.6 Å². The topological polar surface area (TPSA) is 97.1 Å².